The van der Waals surface area contributed by atoms with E-state index in [0.29, 0.717) is 65.2 Å². The van der Waals surface area contributed by atoms with E-state index in [2.05, 4.69) is 15.3 Å². The van der Waals surface area contributed by atoms with Crippen molar-refractivity contribution in [2.75, 3.05) is 18.5 Å². The fourth-order valence-corrected chi connectivity index (χ4v) is 4.55. The van der Waals surface area contributed by atoms with Crippen molar-refractivity contribution in [2.45, 2.75) is 20.4 Å². The highest BCUT2D eigenvalue weighted by molar-refractivity contribution is 7.12. The highest BCUT2D eigenvalue weighted by Crippen LogP contribution is 2.36. The van der Waals surface area contributed by atoms with Crippen LogP contribution in [0.3, 0.4) is 0 Å². The topological polar surface area (TPSA) is 130 Å². The summed E-state index contributed by atoms with van der Waals surface area (Å²) in [6.07, 6.45) is 5.19. The number of rotatable bonds is 10. The number of nitrogens with zero attached hydrogens (tertiary/aromatic N) is 5. The number of nitrogens with two attached hydrogens (primary N) is 1. The molecule has 3 aromatic heterocycles. The molecule has 5 aromatic rings. The molecule has 0 aliphatic carbocycles. The quantitative estimate of drug-likeness (QED) is 0.262. The van der Waals surface area contributed by atoms with Crippen molar-refractivity contribution in [3.8, 4) is 22.8 Å². The first-order valence-corrected chi connectivity index (χ1v) is 12.7. The number of benzene rings is 2. The lowest BCUT2D eigenvalue weighted by molar-refractivity contribution is 0.1000. The smallest absolute Gasteiger partial charge is 0.277 e. The molecule has 3 N–H and O–H groups in total. The molecular formula is C26H24FN7O3S. The summed E-state index contributed by atoms with van der Waals surface area (Å²) in [5.74, 6) is 1.05. The largest absolute Gasteiger partial charge is 0.490 e. The standard InChI is InChI=1S/C26H24FN7O3S/c1-3-36-21-10-17-19(11-22(21)37-4-2)31-23(12-34-8-7-29-14-34)33-25(17)30-15-5-6-18(27)16(9-15)20-13-38-26(32-20)24(28)35/h5-11,13-14H,3-4,12H2,1-2H3,(H2,28,35)(H,30,31,33). The van der Waals surface area contributed by atoms with Gasteiger partial charge in [-0.3, -0.25) is 4.79 Å². The van der Waals surface area contributed by atoms with Crippen LogP contribution in [-0.2, 0) is 6.54 Å². The molecule has 0 aliphatic rings. The van der Waals surface area contributed by atoms with E-state index in [1.165, 1.54) is 6.07 Å². The first kappa shape index (κ1) is 25.1. The average Bonchev–Trinajstić information content (AvgIpc) is 3.59. The zero-order valence-electron chi connectivity index (χ0n) is 20.6. The number of primary amides is 1. The predicted molar refractivity (Wildman–Crippen MR) is 143 cm³/mol. The number of carbonyl (C=O) groups is 1. The number of anilines is 2. The van der Waals surface area contributed by atoms with Crippen LogP contribution in [0.1, 0.15) is 29.5 Å². The van der Waals surface area contributed by atoms with E-state index in [1.54, 1.807) is 30.0 Å². The second-order valence-corrected chi connectivity index (χ2v) is 8.99. The summed E-state index contributed by atoms with van der Waals surface area (Å²) < 4.78 is 28.2. The molecule has 0 saturated heterocycles. The average molecular weight is 534 g/mol. The van der Waals surface area contributed by atoms with E-state index in [4.69, 9.17) is 25.2 Å². The van der Waals surface area contributed by atoms with Gasteiger partial charge >= 0.3 is 0 Å². The van der Waals surface area contributed by atoms with Gasteiger partial charge in [0.2, 0.25) is 0 Å². The molecule has 0 atom stereocenters. The molecule has 10 nitrogen and oxygen atoms in total. The van der Waals surface area contributed by atoms with Crippen molar-refractivity contribution in [1.82, 2.24) is 24.5 Å². The molecule has 0 saturated carbocycles. The van der Waals surface area contributed by atoms with Crippen LogP contribution in [0.4, 0.5) is 15.9 Å². The second-order valence-electron chi connectivity index (χ2n) is 8.13. The van der Waals surface area contributed by atoms with Gasteiger partial charge in [-0.05, 0) is 38.1 Å². The fourth-order valence-electron chi connectivity index (χ4n) is 3.88. The van der Waals surface area contributed by atoms with Gasteiger partial charge in [0.15, 0.2) is 22.3 Å². The summed E-state index contributed by atoms with van der Waals surface area (Å²) in [6, 6.07) is 8.19. The van der Waals surface area contributed by atoms with E-state index in [0.717, 1.165) is 11.3 Å². The van der Waals surface area contributed by atoms with Crippen LogP contribution in [-0.4, -0.2) is 43.6 Å². The molecule has 0 spiro atoms. The zero-order chi connectivity index (χ0) is 26.6. The summed E-state index contributed by atoms with van der Waals surface area (Å²) >= 11 is 1.06. The Hall–Kier alpha value is -4.58. The van der Waals surface area contributed by atoms with Gasteiger partial charge in [0.1, 0.15) is 11.6 Å². The van der Waals surface area contributed by atoms with E-state index < -0.39 is 11.7 Å². The Morgan fingerprint density at radius 1 is 1.11 bits per heavy atom. The third kappa shape index (κ3) is 5.25. The van der Waals surface area contributed by atoms with Crippen LogP contribution in [0.25, 0.3) is 22.2 Å². The summed E-state index contributed by atoms with van der Waals surface area (Å²) in [4.78, 5) is 29.2. The van der Waals surface area contributed by atoms with Crippen molar-refractivity contribution in [1.29, 1.82) is 0 Å². The van der Waals surface area contributed by atoms with E-state index in [1.807, 2.05) is 36.7 Å². The number of hydrogen-bond acceptors (Lipinski definition) is 9. The van der Waals surface area contributed by atoms with Crippen LogP contribution in [0, 0.1) is 5.82 Å². The molecule has 0 unspecified atom stereocenters. The molecule has 0 aliphatic heterocycles. The van der Waals surface area contributed by atoms with Gasteiger partial charge in [-0.2, -0.15) is 0 Å². The van der Waals surface area contributed by atoms with Crippen LogP contribution in [0.5, 0.6) is 11.5 Å². The number of ether oxygens (including phenoxy) is 2. The first-order chi connectivity index (χ1) is 18.4. The number of hydrogen-bond donors (Lipinski definition) is 2. The van der Waals surface area contributed by atoms with Crippen molar-refractivity contribution in [3.63, 3.8) is 0 Å². The SMILES string of the molecule is CCOc1cc2nc(Cn3ccnc3)nc(Nc3ccc(F)c(-c4csc(C(N)=O)n4)c3)c2cc1OCC. The number of aromatic nitrogens is 5. The Kier molecular flexibility index (Phi) is 7.13. The minimum absolute atomic E-state index is 0.109. The number of amides is 1. The molecule has 3 heterocycles. The molecule has 5 rings (SSSR count). The maximum absolute atomic E-state index is 14.7. The van der Waals surface area contributed by atoms with Gasteiger partial charge in [0.25, 0.3) is 5.91 Å². The molecular weight excluding hydrogens is 509 g/mol. The number of thiazole rings is 1. The number of halogens is 1. The van der Waals surface area contributed by atoms with E-state index >= 15 is 0 Å². The Morgan fingerprint density at radius 2 is 1.89 bits per heavy atom. The van der Waals surface area contributed by atoms with Crippen molar-refractivity contribution >= 4 is 39.7 Å². The highest BCUT2D eigenvalue weighted by atomic mass is 32.1. The Balaban J connectivity index is 1.60. The third-order valence-electron chi connectivity index (χ3n) is 5.51. The third-order valence-corrected chi connectivity index (χ3v) is 6.37. The second kappa shape index (κ2) is 10.8. The molecule has 2 aromatic carbocycles. The number of carbonyl (C=O) groups excluding carboxylic acids is 1. The molecule has 194 valence electrons. The Labute approximate surface area is 221 Å². The van der Waals surface area contributed by atoms with Gasteiger partial charge in [-0.1, -0.05) is 0 Å². The summed E-state index contributed by atoms with van der Waals surface area (Å²) in [5.41, 5.74) is 7.08. The van der Waals surface area contributed by atoms with Crippen molar-refractivity contribution in [3.05, 3.63) is 71.1 Å². The maximum Gasteiger partial charge on any atom is 0.277 e. The summed E-state index contributed by atoms with van der Waals surface area (Å²) in [7, 11) is 0. The molecule has 38 heavy (non-hydrogen) atoms. The zero-order valence-corrected chi connectivity index (χ0v) is 21.5. The Bertz CT molecular complexity index is 1600. The molecule has 1 amide bonds. The summed E-state index contributed by atoms with van der Waals surface area (Å²) in [5, 5.41) is 5.70. The minimum Gasteiger partial charge on any atom is -0.490 e. The minimum atomic E-state index is -0.662. The monoisotopic (exact) mass is 533 g/mol. The van der Waals surface area contributed by atoms with Crippen LogP contribution in [0.2, 0.25) is 0 Å². The highest BCUT2D eigenvalue weighted by Gasteiger charge is 2.17. The number of imidazole rings is 1. The van der Waals surface area contributed by atoms with Crippen molar-refractivity contribution in [2.24, 2.45) is 5.73 Å². The molecule has 0 bridgehead atoms. The van der Waals surface area contributed by atoms with Crippen molar-refractivity contribution < 1.29 is 18.7 Å². The first-order valence-electron chi connectivity index (χ1n) is 11.8. The van der Waals surface area contributed by atoms with Gasteiger partial charge < -0.3 is 25.1 Å². The summed E-state index contributed by atoms with van der Waals surface area (Å²) in [6.45, 7) is 5.11. The van der Waals surface area contributed by atoms with Crippen LogP contribution in [0.15, 0.2) is 54.4 Å². The van der Waals surface area contributed by atoms with Crippen LogP contribution >= 0.6 is 11.3 Å². The maximum atomic E-state index is 14.7. The molecule has 0 fully saturated rings. The van der Waals surface area contributed by atoms with E-state index in [-0.39, 0.29) is 10.6 Å². The lowest BCUT2D eigenvalue weighted by atomic mass is 10.1. The number of nitrogens with one attached hydrogen (secondary N) is 1. The van der Waals surface area contributed by atoms with Gasteiger partial charge in [-0.15, -0.1) is 11.3 Å². The predicted octanol–water partition coefficient (Wildman–Crippen LogP) is 4.78. The van der Waals surface area contributed by atoms with Gasteiger partial charge in [-0.25, -0.2) is 24.3 Å². The lowest BCUT2D eigenvalue weighted by Gasteiger charge is -2.16. The van der Waals surface area contributed by atoms with Gasteiger partial charge in [0.05, 0.1) is 37.3 Å². The van der Waals surface area contributed by atoms with Gasteiger partial charge in [0, 0.05) is 40.5 Å². The molecule has 12 heteroatoms. The van der Waals surface area contributed by atoms with Crippen LogP contribution < -0.4 is 20.5 Å². The lowest BCUT2D eigenvalue weighted by Crippen LogP contribution is -2.10. The number of fused-ring (bicyclic) bond motifs is 1. The normalized spacial score (nSPS) is 11.0. The molecule has 0 radical (unpaired) electrons. The Morgan fingerprint density at radius 3 is 2.58 bits per heavy atom. The van der Waals surface area contributed by atoms with E-state index in [9.17, 15) is 9.18 Å². The fraction of sp³-hybridized carbons (Fsp3) is 0.192.